The zero-order valence-electron chi connectivity index (χ0n) is 22.8. The Kier molecular flexibility index (Phi) is 8.49. The third-order valence-corrected chi connectivity index (χ3v) is 6.88. The number of nitrogens with one attached hydrogen (secondary N) is 3. The maximum Gasteiger partial charge on any atom is 0.431 e. The molecule has 218 valence electrons. The molecule has 0 bridgehead atoms. The number of aromatic nitrogens is 3. The number of halogens is 3. The van der Waals surface area contributed by atoms with E-state index in [1.807, 2.05) is 21.5 Å². The number of fused-ring (bicyclic) bond motifs is 1. The van der Waals surface area contributed by atoms with Crippen LogP contribution in [0.3, 0.4) is 0 Å². The monoisotopic (exact) mass is 572 g/mol. The summed E-state index contributed by atoms with van der Waals surface area (Å²) in [5.41, 5.74) is 6.67. The average molecular weight is 573 g/mol. The van der Waals surface area contributed by atoms with Gasteiger partial charge in [-0.1, -0.05) is 6.92 Å². The fourth-order valence-electron chi connectivity index (χ4n) is 4.90. The van der Waals surface area contributed by atoms with Gasteiger partial charge in [0.1, 0.15) is 40.1 Å². The number of amides is 2. The van der Waals surface area contributed by atoms with Crippen LogP contribution in [-0.2, 0) is 4.79 Å². The Labute approximate surface area is 234 Å². The molecule has 0 spiro atoms. The van der Waals surface area contributed by atoms with Crippen molar-refractivity contribution in [2.24, 2.45) is 0 Å². The highest BCUT2D eigenvalue weighted by Gasteiger charge is 2.33. The molecule has 5 N–H and O–H groups in total. The summed E-state index contributed by atoms with van der Waals surface area (Å²) in [5, 5.41) is 11.9. The van der Waals surface area contributed by atoms with Gasteiger partial charge in [0.25, 0.3) is 5.91 Å². The van der Waals surface area contributed by atoms with Crippen LogP contribution in [0, 0.1) is 5.41 Å². The van der Waals surface area contributed by atoms with Gasteiger partial charge in [-0.2, -0.15) is 13.2 Å². The molecule has 1 atom stereocenters. The first-order chi connectivity index (χ1) is 19.5. The molecule has 0 radical (unpaired) electrons. The summed E-state index contributed by atoms with van der Waals surface area (Å²) >= 11 is 0. The van der Waals surface area contributed by atoms with E-state index in [0.717, 1.165) is 19.9 Å². The number of benzene rings is 1. The van der Waals surface area contributed by atoms with Gasteiger partial charge in [0, 0.05) is 62.1 Å². The minimum Gasteiger partial charge on any atom is -0.496 e. The van der Waals surface area contributed by atoms with E-state index in [4.69, 9.17) is 20.9 Å². The van der Waals surface area contributed by atoms with Gasteiger partial charge in [-0.25, -0.2) is 9.97 Å². The number of alkyl halides is 3. The van der Waals surface area contributed by atoms with Crippen LogP contribution < -0.4 is 21.1 Å². The summed E-state index contributed by atoms with van der Waals surface area (Å²) in [6, 6.07) is 4.45. The Hall–Kier alpha value is -4.62. The topological polar surface area (TPSA) is 151 Å². The number of allylic oxidation sites excluding steroid dienone is 1. The lowest BCUT2D eigenvalue weighted by Gasteiger charge is -2.32. The maximum atomic E-state index is 13.0. The molecule has 3 aromatic rings. The number of likely N-dealkylation sites (tertiary alicyclic amines) is 1. The van der Waals surface area contributed by atoms with Gasteiger partial charge in [-0.3, -0.25) is 19.4 Å². The molecule has 3 heterocycles. The van der Waals surface area contributed by atoms with Crippen molar-refractivity contribution in [3.8, 4) is 17.0 Å². The number of nitrogens with two attached hydrogens (primary N) is 1. The second-order valence-electron chi connectivity index (χ2n) is 9.47. The Bertz CT molecular complexity index is 1520. The number of piperidine rings is 1. The zero-order valence-corrected chi connectivity index (χ0v) is 22.8. The molecule has 1 saturated heterocycles. The number of hydrogen-bond acceptors (Lipinski definition) is 8. The second kappa shape index (κ2) is 11.9. The number of amidine groups is 1. The van der Waals surface area contributed by atoms with Gasteiger partial charge in [0.2, 0.25) is 5.91 Å². The van der Waals surface area contributed by atoms with Crippen molar-refractivity contribution >= 4 is 29.0 Å². The molecule has 1 aromatic carbocycles. The Morgan fingerprint density at radius 1 is 1.32 bits per heavy atom. The molecule has 0 unspecified atom stereocenters. The number of anilines is 1. The number of rotatable bonds is 7. The van der Waals surface area contributed by atoms with Crippen LogP contribution in [0.15, 0.2) is 42.4 Å². The van der Waals surface area contributed by atoms with E-state index < -0.39 is 23.6 Å². The highest BCUT2D eigenvalue weighted by Crippen LogP contribution is 2.38. The van der Waals surface area contributed by atoms with E-state index in [1.165, 1.54) is 19.2 Å². The number of hydrogen-bond donors (Lipinski definition) is 4. The highest BCUT2D eigenvalue weighted by molar-refractivity contribution is 6.09. The van der Waals surface area contributed by atoms with Gasteiger partial charge in [-0.15, -0.1) is 0 Å². The molecule has 1 aliphatic heterocycles. The average Bonchev–Trinajstić information content (AvgIpc) is 3.35. The maximum absolute atomic E-state index is 13.0. The van der Waals surface area contributed by atoms with Crippen LogP contribution in [0.4, 0.5) is 19.0 Å². The van der Waals surface area contributed by atoms with E-state index >= 15 is 0 Å². The molecule has 1 aliphatic rings. The van der Waals surface area contributed by atoms with Crippen LogP contribution in [-0.4, -0.2) is 70.3 Å². The molecule has 1 fully saturated rings. The van der Waals surface area contributed by atoms with Gasteiger partial charge in [0.15, 0.2) is 0 Å². The molecule has 14 heteroatoms. The van der Waals surface area contributed by atoms with Crippen molar-refractivity contribution in [1.82, 2.24) is 29.9 Å². The Morgan fingerprint density at radius 3 is 2.73 bits per heavy atom. The smallest absolute Gasteiger partial charge is 0.431 e. The van der Waals surface area contributed by atoms with Crippen LogP contribution in [0.2, 0.25) is 0 Å². The predicted molar refractivity (Wildman–Crippen MR) is 147 cm³/mol. The standard InChI is InChI=1S/C27H31F3N8O3/c1-4-21(39)37-10-5-6-16(14-37)25-36-22(23-24(32)34-9-11-38(23)25)17-8-7-15(12-18(17)41-3)26(40)35-20(31)13-19(33-2)27(28,29)30/h7-9,11-13,16,33H,4-6,10,14H2,1-3H3,(H2,32,34)(H2,31,35,40)/b19-13-/t16-/m1/s1. The first-order valence-electron chi connectivity index (χ1n) is 12.9. The van der Waals surface area contributed by atoms with E-state index in [2.05, 4.69) is 10.3 Å². The number of imidazole rings is 1. The fraction of sp³-hybridized carbons (Fsp3) is 0.370. The third kappa shape index (κ3) is 6.10. The summed E-state index contributed by atoms with van der Waals surface area (Å²) in [6.07, 6.45) is 1.18. The quantitative estimate of drug-likeness (QED) is 0.250. The molecule has 2 amide bonds. The predicted octanol–water partition coefficient (Wildman–Crippen LogP) is 3.48. The van der Waals surface area contributed by atoms with E-state index in [1.54, 1.807) is 18.5 Å². The largest absolute Gasteiger partial charge is 0.496 e. The van der Waals surface area contributed by atoms with Crippen molar-refractivity contribution in [1.29, 1.82) is 5.41 Å². The van der Waals surface area contributed by atoms with E-state index in [0.29, 0.717) is 48.2 Å². The molecular weight excluding hydrogens is 541 g/mol. The normalized spacial score (nSPS) is 16.0. The second-order valence-corrected chi connectivity index (χ2v) is 9.47. The van der Waals surface area contributed by atoms with Crippen LogP contribution in [0.1, 0.15) is 48.3 Å². The Morgan fingerprint density at radius 2 is 2.07 bits per heavy atom. The van der Waals surface area contributed by atoms with Crippen LogP contribution in [0.25, 0.3) is 16.8 Å². The minimum absolute atomic E-state index is 0.0448. The number of ether oxygens (including phenoxy) is 1. The number of nitrogen functional groups attached to an aromatic ring is 1. The van der Waals surface area contributed by atoms with Crippen molar-refractivity contribution in [3.63, 3.8) is 0 Å². The zero-order chi connectivity index (χ0) is 29.9. The number of methoxy groups -OCH3 is 1. The summed E-state index contributed by atoms with van der Waals surface area (Å²) in [6.45, 7) is 3.05. The van der Waals surface area contributed by atoms with E-state index in [-0.39, 0.29) is 29.0 Å². The SMILES string of the molecule is CCC(=O)N1CCC[C@@H](c2nc(-c3ccc(C(=O)NC(=N)/C=C(\NC)C(F)(F)F)cc3OC)c3c(N)nccn23)C1. The van der Waals surface area contributed by atoms with Crippen LogP contribution >= 0.6 is 0 Å². The summed E-state index contributed by atoms with van der Waals surface area (Å²) < 4.78 is 46.4. The van der Waals surface area contributed by atoms with E-state index in [9.17, 15) is 22.8 Å². The van der Waals surface area contributed by atoms with Gasteiger partial charge in [-0.05, 0) is 31.0 Å². The number of carbonyl (C=O) groups is 2. The van der Waals surface area contributed by atoms with Crippen molar-refractivity contribution in [2.75, 3.05) is 33.0 Å². The van der Waals surface area contributed by atoms with Crippen molar-refractivity contribution in [2.45, 2.75) is 38.3 Å². The number of carbonyl (C=O) groups excluding carboxylic acids is 2. The molecule has 4 rings (SSSR count). The highest BCUT2D eigenvalue weighted by atomic mass is 19.4. The van der Waals surface area contributed by atoms with Crippen molar-refractivity contribution in [3.05, 3.63) is 53.8 Å². The number of nitrogens with zero attached hydrogens (tertiary/aromatic N) is 4. The van der Waals surface area contributed by atoms with Gasteiger partial charge >= 0.3 is 6.18 Å². The lowest BCUT2D eigenvalue weighted by molar-refractivity contribution is -0.132. The fourth-order valence-corrected chi connectivity index (χ4v) is 4.90. The molecule has 0 aliphatic carbocycles. The Balaban J connectivity index is 1.69. The molecule has 2 aromatic heterocycles. The summed E-state index contributed by atoms with van der Waals surface area (Å²) in [7, 11) is 2.48. The lowest BCUT2D eigenvalue weighted by Crippen LogP contribution is -2.39. The molecule has 11 nitrogen and oxygen atoms in total. The summed E-state index contributed by atoms with van der Waals surface area (Å²) in [4.78, 5) is 36.1. The van der Waals surface area contributed by atoms with Crippen molar-refractivity contribution < 1.29 is 27.5 Å². The van der Waals surface area contributed by atoms with Crippen LogP contribution in [0.5, 0.6) is 5.75 Å². The van der Waals surface area contributed by atoms with Gasteiger partial charge < -0.3 is 26.0 Å². The third-order valence-electron chi connectivity index (χ3n) is 6.88. The molecular formula is C27H31F3N8O3. The first-order valence-corrected chi connectivity index (χ1v) is 12.9. The first kappa shape index (κ1) is 29.4. The minimum atomic E-state index is -4.71. The molecule has 0 saturated carbocycles. The lowest BCUT2D eigenvalue weighted by atomic mass is 9.97. The molecule has 41 heavy (non-hydrogen) atoms. The summed E-state index contributed by atoms with van der Waals surface area (Å²) in [5.74, 6) is -0.306. The van der Waals surface area contributed by atoms with Gasteiger partial charge in [0.05, 0.1) is 7.11 Å².